The van der Waals surface area contributed by atoms with Crippen molar-refractivity contribution in [2.24, 2.45) is 0 Å². The molecule has 132 valence electrons. The second-order valence-corrected chi connectivity index (χ2v) is 7.53. The maximum Gasteiger partial charge on any atom is 0.332 e. The topological polar surface area (TPSA) is 40.6 Å². The van der Waals surface area contributed by atoms with E-state index in [0.717, 1.165) is 10.5 Å². The lowest BCUT2D eigenvalue weighted by Crippen LogP contribution is -2.61. The van der Waals surface area contributed by atoms with E-state index >= 15 is 0 Å². The standard InChI is InChI=1S/C19H14ClFN2O2S/c20-13-5-3-4-12(10-13)11-22-16-8-9-26-17(16)18(24)23(19(22)25)15-7-2-1-6-14(15)21/h1-10,16-17H,11H2. The summed E-state index contributed by atoms with van der Waals surface area (Å²) >= 11 is 7.39. The van der Waals surface area contributed by atoms with Gasteiger partial charge in [0.2, 0.25) is 0 Å². The number of amides is 3. The minimum absolute atomic E-state index is 0.0236. The summed E-state index contributed by atoms with van der Waals surface area (Å²) in [6.45, 7) is 0.281. The molecule has 4 rings (SSSR count). The van der Waals surface area contributed by atoms with Gasteiger partial charge in [-0.15, -0.1) is 11.8 Å². The summed E-state index contributed by atoms with van der Waals surface area (Å²) in [5.74, 6) is -1.01. The van der Waals surface area contributed by atoms with Crippen molar-refractivity contribution < 1.29 is 14.0 Å². The molecule has 0 saturated carbocycles. The molecule has 7 heteroatoms. The Kier molecular flexibility index (Phi) is 4.46. The van der Waals surface area contributed by atoms with Crippen LogP contribution in [-0.2, 0) is 11.3 Å². The average molecular weight is 389 g/mol. The van der Waals surface area contributed by atoms with Crippen LogP contribution in [0.15, 0.2) is 60.0 Å². The van der Waals surface area contributed by atoms with Crippen molar-refractivity contribution in [1.82, 2.24) is 4.90 Å². The van der Waals surface area contributed by atoms with Crippen LogP contribution in [0.5, 0.6) is 0 Å². The number of halogens is 2. The van der Waals surface area contributed by atoms with Crippen molar-refractivity contribution in [2.45, 2.75) is 17.8 Å². The first-order chi connectivity index (χ1) is 12.6. The molecule has 2 aliphatic rings. The fraction of sp³-hybridized carbons (Fsp3) is 0.158. The van der Waals surface area contributed by atoms with E-state index in [4.69, 9.17) is 11.6 Å². The molecule has 0 aromatic heterocycles. The summed E-state index contributed by atoms with van der Waals surface area (Å²) < 4.78 is 14.3. The second kappa shape index (κ2) is 6.78. The summed E-state index contributed by atoms with van der Waals surface area (Å²) in [6, 6.07) is 12.1. The Morgan fingerprint density at radius 1 is 1.12 bits per heavy atom. The summed E-state index contributed by atoms with van der Waals surface area (Å²) in [5.41, 5.74) is 0.822. The molecule has 2 aliphatic heterocycles. The van der Waals surface area contributed by atoms with Gasteiger partial charge in [-0.3, -0.25) is 4.79 Å². The third kappa shape index (κ3) is 2.89. The molecule has 2 heterocycles. The van der Waals surface area contributed by atoms with Crippen LogP contribution in [0.25, 0.3) is 0 Å². The molecule has 0 spiro atoms. The molecule has 2 unspecified atom stereocenters. The van der Waals surface area contributed by atoms with Crippen LogP contribution in [0, 0.1) is 5.82 Å². The molecule has 2 aromatic carbocycles. The maximum absolute atomic E-state index is 14.3. The minimum atomic E-state index is -0.605. The van der Waals surface area contributed by atoms with Gasteiger partial charge in [-0.05, 0) is 35.2 Å². The zero-order valence-electron chi connectivity index (χ0n) is 13.5. The van der Waals surface area contributed by atoms with E-state index < -0.39 is 23.0 Å². The molecule has 1 fully saturated rings. The van der Waals surface area contributed by atoms with E-state index in [1.807, 2.05) is 23.6 Å². The molecule has 2 atom stereocenters. The van der Waals surface area contributed by atoms with Crippen LogP contribution in [0.2, 0.25) is 5.02 Å². The van der Waals surface area contributed by atoms with E-state index in [-0.39, 0.29) is 18.3 Å². The van der Waals surface area contributed by atoms with Gasteiger partial charge in [-0.2, -0.15) is 0 Å². The largest absolute Gasteiger partial charge is 0.332 e. The highest BCUT2D eigenvalue weighted by molar-refractivity contribution is 8.03. The number of hydrogen-bond acceptors (Lipinski definition) is 3. The Hall–Kier alpha value is -2.31. The number of fused-ring (bicyclic) bond motifs is 1. The van der Waals surface area contributed by atoms with E-state index in [1.165, 1.54) is 30.0 Å². The smallest absolute Gasteiger partial charge is 0.312 e. The zero-order valence-corrected chi connectivity index (χ0v) is 15.1. The lowest BCUT2D eigenvalue weighted by atomic mass is 10.1. The predicted octanol–water partition coefficient (Wildman–Crippen LogP) is 4.45. The SMILES string of the molecule is O=C1C2SC=CC2N(Cc2cccc(Cl)c2)C(=O)N1c1ccccc1F. The van der Waals surface area contributed by atoms with Crippen molar-refractivity contribution in [1.29, 1.82) is 0 Å². The summed E-state index contributed by atoms with van der Waals surface area (Å²) in [4.78, 5) is 28.5. The number of imide groups is 1. The molecule has 2 aromatic rings. The van der Waals surface area contributed by atoms with Gasteiger partial charge < -0.3 is 4.90 Å². The number of thioether (sulfide) groups is 1. The number of benzene rings is 2. The Balaban J connectivity index is 1.73. The van der Waals surface area contributed by atoms with Crippen LogP contribution in [0.3, 0.4) is 0 Å². The Bertz CT molecular complexity index is 920. The van der Waals surface area contributed by atoms with Gasteiger partial charge in [0.1, 0.15) is 11.1 Å². The zero-order chi connectivity index (χ0) is 18.3. The molecule has 4 nitrogen and oxygen atoms in total. The van der Waals surface area contributed by atoms with Gasteiger partial charge in [0.05, 0.1) is 11.7 Å². The highest BCUT2D eigenvalue weighted by atomic mass is 35.5. The number of carbonyl (C=O) groups is 2. The van der Waals surface area contributed by atoms with Crippen LogP contribution >= 0.6 is 23.4 Å². The number of anilines is 1. The molecule has 0 aliphatic carbocycles. The van der Waals surface area contributed by atoms with Crippen molar-refractivity contribution in [3.05, 3.63) is 76.4 Å². The lowest BCUT2D eigenvalue weighted by Gasteiger charge is -2.41. The fourth-order valence-electron chi connectivity index (χ4n) is 3.20. The first-order valence-corrected chi connectivity index (χ1v) is 9.34. The molecule has 26 heavy (non-hydrogen) atoms. The van der Waals surface area contributed by atoms with Gasteiger partial charge >= 0.3 is 6.03 Å². The average Bonchev–Trinajstić information content (AvgIpc) is 3.10. The van der Waals surface area contributed by atoms with Gasteiger partial charge in [0.25, 0.3) is 5.91 Å². The van der Waals surface area contributed by atoms with Crippen molar-refractivity contribution >= 4 is 41.0 Å². The number of rotatable bonds is 3. The predicted molar refractivity (Wildman–Crippen MR) is 101 cm³/mol. The van der Waals surface area contributed by atoms with Crippen molar-refractivity contribution in [3.8, 4) is 0 Å². The van der Waals surface area contributed by atoms with Crippen molar-refractivity contribution in [2.75, 3.05) is 4.90 Å². The van der Waals surface area contributed by atoms with Crippen LogP contribution in [0.1, 0.15) is 5.56 Å². The summed E-state index contributed by atoms with van der Waals surface area (Å²) in [5, 5.41) is 1.91. The minimum Gasteiger partial charge on any atom is -0.312 e. The number of para-hydroxylation sites is 1. The molecule has 0 radical (unpaired) electrons. The molecule has 1 saturated heterocycles. The summed E-state index contributed by atoms with van der Waals surface area (Å²) in [7, 11) is 0. The quantitative estimate of drug-likeness (QED) is 0.780. The Labute approximate surface area is 159 Å². The number of nitrogens with zero attached hydrogens (tertiary/aromatic N) is 2. The third-order valence-electron chi connectivity index (χ3n) is 4.41. The summed E-state index contributed by atoms with van der Waals surface area (Å²) in [6.07, 6.45) is 1.84. The van der Waals surface area contributed by atoms with Gasteiger partial charge in [-0.25, -0.2) is 14.1 Å². The Morgan fingerprint density at radius 3 is 2.69 bits per heavy atom. The van der Waals surface area contributed by atoms with Crippen LogP contribution in [-0.4, -0.2) is 28.1 Å². The Morgan fingerprint density at radius 2 is 1.92 bits per heavy atom. The highest BCUT2D eigenvalue weighted by Crippen LogP contribution is 2.37. The molecular weight excluding hydrogens is 375 g/mol. The normalized spacial score (nSPS) is 22.1. The van der Waals surface area contributed by atoms with E-state index in [0.29, 0.717) is 5.02 Å². The molecular formula is C19H14ClFN2O2S. The second-order valence-electron chi connectivity index (χ2n) is 6.04. The maximum atomic E-state index is 14.3. The van der Waals surface area contributed by atoms with Crippen LogP contribution in [0.4, 0.5) is 14.9 Å². The lowest BCUT2D eigenvalue weighted by molar-refractivity contribution is -0.119. The van der Waals surface area contributed by atoms with Gasteiger partial charge in [-0.1, -0.05) is 41.9 Å². The van der Waals surface area contributed by atoms with E-state index in [2.05, 4.69) is 0 Å². The number of urea groups is 1. The molecule has 3 amide bonds. The molecule has 0 bridgehead atoms. The van der Waals surface area contributed by atoms with E-state index in [9.17, 15) is 14.0 Å². The molecule has 0 N–H and O–H groups in total. The van der Waals surface area contributed by atoms with Crippen LogP contribution < -0.4 is 4.90 Å². The third-order valence-corrected chi connectivity index (χ3v) is 5.73. The monoisotopic (exact) mass is 388 g/mol. The van der Waals surface area contributed by atoms with Gasteiger partial charge in [0, 0.05) is 11.6 Å². The first kappa shape index (κ1) is 17.1. The highest BCUT2D eigenvalue weighted by Gasteiger charge is 2.48. The van der Waals surface area contributed by atoms with E-state index in [1.54, 1.807) is 23.1 Å². The van der Waals surface area contributed by atoms with Crippen molar-refractivity contribution in [3.63, 3.8) is 0 Å². The number of carbonyl (C=O) groups excluding carboxylic acids is 2. The first-order valence-electron chi connectivity index (χ1n) is 8.02. The van der Waals surface area contributed by atoms with Gasteiger partial charge in [0.15, 0.2) is 0 Å². The fourth-order valence-corrected chi connectivity index (χ4v) is 4.46. The number of hydrogen-bond donors (Lipinski definition) is 0.